The van der Waals surface area contributed by atoms with Crippen LogP contribution in [-0.4, -0.2) is 11.7 Å². The first-order valence-electron chi connectivity index (χ1n) is 7.22. The van der Waals surface area contributed by atoms with Crippen LogP contribution < -0.4 is 5.32 Å². The summed E-state index contributed by atoms with van der Waals surface area (Å²) in [6.45, 7) is 5.95. The third-order valence-electron chi connectivity index (χ3n) is 3.54. The van der Waals surface area contributed by atoms with E-state index in [-0.39, 0.29) is 11.7 Å². The van der Waals surface area contributed by atoms with Crippen LogP contribution in [0.1, 0.15) is 23.1 Å². The van der Waals surface area contributed by atoms with Gasteiger partial charge in [-0.3, -0.25) is 4.79 Å². The number of halogens is 1. The lowest BCUT2D eigenvalue weighted by Crippen LogP contribution is -2.13. The van der Waals surface area contributed by atoms with E-state index in [1.807, 2.05) is 0 Å². The monoisotopic (exact) mass is 317 g/mol. The summed E-state index contributed by atoms with van der Waals surface area (Å²) in [7, 11) is 0. The van der Waals surface area contributed by atoms with Crippen molar-refractivity contribution in [1.29, 1.82) is 0 Å². The molecule has 22 heavy (non-hydrogen) atoms. The van der Waals surface area contributed by atoms with Gasteiger partial charge >= 0.3 is 0 Å². The van der Waals surface area contributed by atoms with Crippen LogP contribution in [0.4, 0.5) is 10.1 Å². The van der Waals surface area contributed by atoms with E-state index >= 15 is 0 Å². The summed E-state index contributed by atoms with van der Waals surface area (Å²) < 4.78 is 13.0. The summed E-state index contributed by atoms with van der Waals surface area (Å²) in [4.78, 5) is 13.1. The third-order valence-corrected chi connectivity index (χ3v) is 4.53. The molecule has 0 saturated heterocycles. The van der Waals surface area contributed by atoms with Gasteiger partial charge in [-0.1, -0.05) is 6.07 Å². The van der Waals surface area contributed by atoms with Crippen LogP contribution in [-0.2, 0) is 4.79 Å². The van der Waals surface area contributed by atoms with E-state index in [1.165, 1.54) is 28.2 Å². The van der Waals surface area contributed by atoms with Crippen molar-refractivity contribution < 1.29 is 9.18 Å². The van der Waals surface area contributed by atoms with Gasteiger partial charge in [-0.05, 0) is 67.8 Å². The standard InChI is InChI=1S/C18H20FNOS/c1-12-4-6-16(11-13(12)2)22-9-8-18(21)20-17-7-5-15(19)10-14(17)3/h4-7,10-11H,8-9H2,1-3H3,(H,20,21). The van der Waals surface area contributed by atoms with Crippen molar-refractivity contribution in [1.82, 2.24) is 0 Å². The number of aryl methyl sites for hydroxylation is 3. The van der Waals surface area contributed by atoms with Crippen molar-refractivity contribution in [2.24, 2.45) is 0 Å². The van der Waals surface area contributed by atoms with Crippen molar-refractivity contribution in [2.75, 3.05) is 11.1 Å². The lowest BCUT2D eigenvalue weighted by atomic mass is 10.1. The van der Waals surface area contributed by atoms with Gasteiger partial charge in [0.2, 0.25) is 5.91 Å². The van der Waals surface area contributed by atoms with Crippen molar-refractivity contribution >= 4 is 23.4 Å². The van der Waals surface area contributed by atoms with E-state index in [9.17, 15) is 9.18 Å². The van der Waals surface area contributed by atoms with Crippen molar-refractivity contribution in [2.45, 2.75) is 32.1 Å². The summed E-state index contributed by atoms with van der Waals surface area (Å²) >= 11 is 1.67. The van der Waals surface area contributed by atoms with Crippen LogP contribution >= 0.6 is 11.8 Å². The molecular weight excluding hydrogens is 297 g/mol. The average molecular weight is 317 g/mol. The van der Waals surface area contributed by atoms with Crippen molar-refractivity contribution in [3.63, 3.8) is 0 Å². The first kappa shape index (κ1) is 16.6. The van der Waals surface area contributed by atoms with Gasteiger partial charge in [0.25, 0.3) is 0 Å². The van der Waals surface area contributed by atoms with Gasteiger partial charge in [-0.25, -0.2) is 4.39 Å². The quantitative estimate of drug-likeness (QED) is 0.797. The predicted octanol–water partition coefficient (Wildman–Crippen LogP) is 4.87. The van der Waals surface area contributed by atoms with Gasteiger partial charge < -0.3 is 5.32 Å². The second-order valence-corrected chi connectivity index (χ2v) is 6.52. The van der Waals surface area contributed by atoms with E-state index < -0.39 is 0 Å². The number of hydrogen-bond donors (Lipinski definition) is 1. The smallest absolute Gasteiger partial charge is 0.225 e. The summed E-state index contributed by atoms with van der Waals surface area (Å²) in [6, 6.07) is 10.7. The largest absolute Gasteiger partial charge is 0.326 e. The van der Waals surface area contributed by atoms with E-state index in [4.69, 9.17) is 0 Å². The molecule has 1 amide bonds. The van der Waals surface area contributed by atoms with Crippen LogP contribution in [0.3, 0.4) is 0 Å². The van der Waals surface area contributed by atoms with E-state index in [0.717, 1.165) is 5.56 Å². The Labute approximate surface area is 135 Å². The molecule has 0 spiro atoms. The Bertz CT molecular complexity index is 685. The minimum atomic E-state index is -0.291. The number of carbonyl (C=O) groups excluding carboxylic acids is 1. The Morgan fingerprint density at radius 2 is 1.82 bits per heavy atom. The highest BCUT2D eigenvalue weighted by Crippen LogP contribution is 2.22. The number of rotatable bonds is 5. The lowest BCUT2D eigenvalue weighted by Gasteiger charge is -2.09. The molecular formula is C18H20FNOS. The first-order chi connectivity index (χ1) is 10.5. The topological polar surface area (TPSA) is 29.1 Å². The maximum atomic E-state index is 13.0. The Hall–Kier alpha value is -1.81. The van der Waals surface area contributed by atoms with Crippen LogP contribution in [0, 0.1) is 26.6 Å². The van der Waals surface area contributed by atoms with Gasteiger partial charge in [0.1, 0.15) is 5.82 Å². The first-order valence-corrected chi connectivity index (χ1v) is 8.20. The average Bonchev–Trinajstić information content (AvgIpc) is 2.46. The lowest BCUT2D eigenvalue weighted by molar-refractivity contribution is -0.115. The number of amides is 1. The molecule has 2 nitrogen and oxygen atoms in total. The molecule has 0 fully saturated rings. The molecule has 0 aromatic heterocycles. The summed E-state index contributed by atoms with van der Waals surface area (Å²) in [5.74, 6) is 0.376. The minimum Gasteiger partial charge on any atom is -0.326 e. The van der Waals surface area contributed by atoms with Gasteiger partial charge in [-0.15, -0.1) is 11.8 Å². The molecule has 2 rings (SSSR count). The minimum absolute atomic E-state index is 0.0500. The zero-order valence-corrected chi connectivity index (χ0v) is 13.9. The van der Waals surface area contributed by atoms with Crippen molar-refractivity contribution in [3.05, 3.63) is 58.9 Å². The fraction of sp³-hybridized carbons (Fsp3) is 0.278. The van der Waals surface area contributed by atoms with Crippen molar-refractivity contribution in [3.8, 4) is 0 Å². The van der Waals surface area contributed by atoms with Crippen LogP contribution in [0.5, 0.6) is 0 Å². The number of carbonyl (C=O) groups is 1. The highest BCUT2D eigenvalue weighted by molar-refractivity contribution is 7.99. The van der Waals surface area contributed by atoms with Crippen LogP contribution in [0.15, 0.2) is 41.3 Å². The molecule has 0 atom stereocenters. The molecule has 0 radical (unpaired) electrons. The molecule has 2 aromatic carbocycles. The molecule has 0 unspecified atom stereocenters. The number of anilines is 1. The summed E-state index contributed by atoms with van der Waals surface area (Å²) in [6.07, 6.45) is 0.425. The summed E-state index contributed by atoms with van der Waals surface area (Å²) in [5, 5.41) is 2.83. The van der Waals surface area contributed by atoms with E-state index in [2.05, 4.69) is 37.4 Å². The Balaban J connectivity index is 1.83. The van der Waals surface area contributed by atoms with E-state index in [0.29, 0.717) is 17.9 Å². The number of nitrogens with one attached hydrogen (secondary N) is 1. The number of thioether (sulfide) groups is 1. The zero-order chi connectivity index (χ0) is 16.1. The molecule has 0 bridgehead atoms. The fourth-order valence-corrected chi connectivity index (χ4v) is 2.99. The predicted molar refractivity (Wildman–Crippen MR) is 91.0 cm³/mol. The van der Waals surface area contributed by atoms with Gasteiger partial charge in [-0.2, -0.15) is 0 Å². The number of benzene rings is 2. The molecule has 0 saturated carbocycles. The fourth-order valence-electron chi connectivity index (χ4n) is 2.05. The second kappa shape index (κ2) is 7.45. The molecule has 1 N–H and O–H groups in total. The third kappa shape index (κ3) is 4.60. The maximum Gasteiger partial charge on any atom is 0.225 e. The van der Waals surface area contributed by atoms with E-state index in [1.54, 1.807) is 24.8 Å². The normalized spacial score (nSPS) is 10.5. The molecule has 116 valence electrons. The molecule has 4 heteroatoms. The molecule has 0 heterocycles. The zero-order valence-electron chi connectivity index (χ0n) is 13.1. The van der Waals surface area contributed by atoms with Gasteiger partial charge in [0, 0.05) is 22.8 Å². The van der Waals surface area contributed by atoms with Gasteiger partial charge in [0.05, 0.1) is 0 Å². The molecule has 0 aliphatic heterocycles. The Morgan fingerprint density at radius 1 is 1.05 bits per heavy atom. The summed E-state index contributed by atoms with van der Waals surface area (Å²) in [5.41, 5.74) is 3.93. The highest BCUT2D eigenvalue weighted by Gasteiger charge is 2.06. The van der Waals surface area contributed by atoms with Crippen LogP contribution in [0.2, 0.25) is 0 Å². The molecule has 0 aliphatic carbocycles. The van der Waals surface area contributed by atoms with Gasteiger partial charge in [0.15, 0.2) is 0 Å². The SMILES string of the molecule is Cc1ccc(SCCC(=O)Nc2ccc(F)cc2C)cc1C. The number of hydrogen-bond acceptors (Lipinski definition) is 2. The molecule has 0 aliphatic rings. The highest BCUT2D eigenvalue weighted by atomic mass is 32.2. The molecule has 2 aromatic rings. The van der Waals surface area contributed by atoms with Crippen LogP contribution in [0.25, 0.3) is 0 Å². The second-order valence-electron chi connectivity index (χ2n) is 5.35. The maximum absolute atomic E-state index is 13.0. The Kier molecular flexibility index (Phi) is 5.61. The Morgan fingerprint density at radius 3 is 2.50 bits per heavy atom.